The molecule has 4 nitrogen and oxygen atoms in total. The fraction of sp³-hybridized carbons (Fsp3) is 0.462. The van der Waals surface area contributed by atoms with Gasteiger partial charge in [-0.1, -0.05) is 0 Å². The van der Waals surface area contributed by atoms with Gasteiger partial charge in [-0.25, -0.2) is 4.39 Å². The number of carbonyl (C=O) groups excluding carboxylic acids is 1. The third-order valence-electron chi connectivity index (χ3n) is 3.03. The Hall–Kier alpha value is -1.14. The molecule has 0 radical (unpaired) electrons. The first-order valence-electron chi connectivity index (χ1n) is 6.12. The van der Waals surface area contributed by atoms with E-state index in [1.807, 2.05) is 0 Å². The van der Waals surface area contributed by atoms with Gasteiger partial charge in [-0.3, -0.25) is 4.79 Å². The van der Waals surface area contributed by atoms with Crippen LogP contribution in [0.5, 0.6) is 5.75 Å². The van der Waals surface area contributed by atoms with E-state index >= 15 is 0 Å². The quantitative estimate of drug-likeness (QED) is 0.889. The standard InChI is InChI=1S/C13H15BrFNO3/c1-2-19-10-4-3-9(14)11(12(10)15)13(18)16-7-5-8(17)6-7/h3-4,7-8,17H,2,5-6H2,1H3,(H,16,18). The van der Waals surface area contributed by atoms with Crippen LogP contribution in [0, 0.1) is 5.82 Å². The highest BCUT2D eigenvalue weighted by Crippen LogP contribution is 2.28. The van der Waals surface area contributed by atoms with Gasteiger partial charge in [0, 0.05) is 10.5 Å². The van der Waals surface area contributed by atoms with Crippen molar-refractivity contribution >= 4 is 21.8 Å². The number of halogens is 2. The zero-order chi connectivity index (χ0) is 14.0. The normalized spacial score (nSPS) is 21.7. The predicted octanol–water partition coefficient (Wildman–Crippen LogP) is 2.24. The molecule has 0 atom stereocenters. The largest absolute Gasteiger partial charge is 0.491 e. The van der Waals surface area contributed by atoms with Gasteiger partial charge in [-0.15, -0.1) is 0 Å². The second kappa shape index (κ2) is 5.88. The van der Waals surface area contributed by atoms with E-state index in [0.717, 1.165) is 0 Å². The maximum atomic E-state index is 14.2. The number of carbonyl (C=O) groups is 1. The van der Waals surface area contributed by atoms with Crippen molar-refractivity contribution in [1.29, 1.82) is 0 Å². The van der Waals surface area contributed by atoms with Gasteiger partial charge in [0.25, 0.3) is 5.91 Å². The first-order valence-corrected chi connectivity index (χ1v) is 6.92. The summed E-state index contributed by atoms with van der Waals surface area (Å²) < 4.78 is 19.7. The smallest absolute Gasteiger partial charge is 0.255 e. The van der Waals surface area contributed by atoms with Crippen LogP contribution >= 0.6 is 15.9 Å². The summed E-state index contributed by atoms with van der Waals surface area (Å²) in [6, 6.07) is 2.97. The number of hydrogen-bond acceptors (Lipinski definition) is 3. The summed E-state index contributed by atoms with van der Waals surface area (Å²) in [5.41, 5.74) is -0.0626. The van der Waals surface area contributed by atoms with E-state index in [0.29, 0.717) is 23.9 Å². The highest BCUT2D eigenvalue weighted by Gasteiger charge is 2.30. The molecule has 0 heterocycles. The molecule has 0 aliphatic heterocycles. The van der Waals surface area contributed by atoms with Crippen molar-refractivity contribution in [2.24, 2.45) is 0 Å². The lowest BCUT2D eigenvalue weighted by molar-refractivity contribution is 0.0560. The third-order valence-corrected chi connectivity index (χ3v) is 3.69. The van der Waals surface area contributed by atoms with Crippen molar-refractivity contribution in [3.63, 3.8) is 0 Å². The minimum atomic E-state index is -0.673. The zero-order valence-electron chi connectivity index (χ0n) is 10.5. The maximum Gasteiger partial charge on any atom is 0.255 e. The fourth-order valence-corrected chi connectivity index (χ4v) is 2.46. The van der Waals surface area contributed by atoms with Gasteiger partial charge in [0.05, 0.1) is 18.3 Å². The highest BCUT2D eigenvalue weighted by molar-refractivity contribution is 9.10. The molecule has 0 unspecified atom stereocenters. The summed E-state index contributed by atoms with van der Waals surface area (Å²) in [6.45, 7) is 2.07. The Kier molecular flexibility index (Phi) is 4.42. The monoisotopic (exact) mass is 331 g/mol. The molecule has 19 heavy (non-hydrogen) atoms. The first-order chi connectivity index (χ1) is 9.02. The molecule has 1 aliphatic rings. The minimum Gasteiger partial charge on any atom is -0.491 e. The number of aliphatic hydroxyl groups excluding tert-OH is 1. The molecule has 0 bridgehead atoms. The van der Waals surface area contributed by atoms with Crippen molar-refractivity contribution in [1.82, 2.24) is 5.32 Å². The van der Waals surface area contributed by atoms with Crippen molar-refractivity contribution in [2.75, 3.05) is 6.61 Å². The van der Waals surface area contributed by atoms with Crippen molar-refractivity contribution in [3.05, 3.63) is 28.0 Å². The summed E-state index contributed by atoms with van der Waals surface area (Å²) >= 11 is 3.17. The molecule has 1 amide bonds. The van der Waals surface area contributed by atoms with Gasteiger partial charge >= 0.3 is 0 Å². The lowest BCUT2D eigenvalue weighted by atomic mass is 9.89. The molecule has 1 aliphatic carbocycles. The van der Waals surface area contributed by atoms with Crippen molar-refractivity contribution in [2.45, 2.75) is 31.9 Å². The van der Waals surface area contributed by atoms with Gasteiger partial charge in [-0.2, -0.15) is 0 Å². The molecular weight excluding hydrogens is 317 g/mol. The lowest BCUT2D eigenvalue weighted by Crippen LogP contribution is -2.47. The van der Waals surface area contributed by atoms with Gasteiger partial charge in [0.2, 0.25) is 0 Å². The van der Waals surface area contributed by atoms with E-state index in [9.17, 15) is 14.3 Å². The fourth-order valence-electron chi connectivity index (χ4n) is 1.97. The Morgan fingerprint density at radius 3 is 2.84 bits per heavy atom. The van der Waals surface area contributed by atoms with E-state index in [4.69, 9.17) is 4.74 Å². The van der Waals surface area contributed by atoms with Gasteiger partial charge < -0.3 is 15.2 Å². The molecule has 1 fully saturated rings. The molecule has 0 spiro atoms. The van der Waals surface area contributed by atoms with Crippen LogP contribution < -0.4 is 10.1 Å². The van der Waals surface area contributed by atoms with Crippen molar-refractivity contribution in [3.8, 4) is 5.75 Å². The van der Waals surface area contributed by atoms with Crippen molar-refractivity contribution < 1.29 is 19.0 Å². The summed E-state index contributed by atoms with van der Waals surface area (Å²) in [6.07, 6.45) is 0.653. The Morgan fingerprint density at radius 1 is 1.58 bits per heavy atom. The highest BCUT2D eigenvalue weighted by atomic mass is 79.9. The number of ether oxygens (including phenoxy) is 1. The number of rotatable bonds is 4. The molecule has 0 aromatic heterocycles. The molecule has 104 valence electrons. The summed E-state index contributed by atoms with van der Waals surface area (Å²) in [5.74, 6) is -1.11. The molecule has 1 aromatic carbocycles. The Bertz CT molecular complexity index is 489. The summed E-state index contributed by atoms with van der Waals surface area (Å²) in [7, 11) is 0. The Balaban J connectivity index is 2.17. The van der Waals surface area contributed by atoms with Crippen LogP contribution in [-0.4, -0.2) is 29.8 Å². The minimum absolute atomic E-state index is 0.0597. The van der Waals surface area contributed by atoms with Crippen LogP contribution in [0.1, 0.15) is 30.1 Å². The van der Waals surface area contributed by atoms with E-state index in [-0.39, 0.29) is 23.5 Å². The van der Waals surface area contributed by atoms with Gasteiger partial charge in [0.15, 0.2) is 11.6 Å². The van der Waals surface area contributed by atoms with E-state index in [1.165, 1.54) is 6.07 Å². The van der Waals surface area contributed by atoms with Gasteiger partial charge in [0.1, 0.15) is 0 Å². The molecule has 0 saturated heterocycles. The Morgan fingerprint density at radius 2 is 2.26 bits per heavy atom. The lowest BCUT2D eigenvalue weighted by Gasteiger charge is -2.32. The molecule has 1 aromatic rings. The second-order valence-electron chi connectivity index (χ2n) is 4.46. The number of hydrogen-bond donors (Lipinski definition) is 2. The van der Waals surface area contributed by atoms with Crippen LogP contribution in [0.15, 0.2) is 16.6 Å². The summed E-state index contributed by atoms with van der Waals surface area (Å²) in [4.78, 5) is 12.0. The zero-order valence-corrected chi connectivity index (χ0v) is 12.0. The first kappa shape index (κ1) is 14.3. The van der Waals surface area contributed by atoms with E-state index in [1.54, 1.807) is 13.0 Å². The van der Waals surface area contributed by atoms with Crippen LogP contribution in [0.2, 0.25) is 0 Å². The van der Waals surface area contributed by atoms with Gasteiger partial charge in [-0.05, 0) is 47.8 Å². The topological polar surface area (TPSA) is 58.6 Å². The number of aliphatic hydroxyl groups is 1. The SMILES string of the molecule is CCOc1ccc(Br)c(C(=O)NC2CC(O)C2)c1F. The van der Waals surface area contributed by atoms with Crippen LogP contribution in [0.3, 0.4) is 0 Å². The number of amides is 1. The predicted molar refractivity (Wildman–Crippen MR) is 71.8 cm³/mol. The molecule has 2 N–H and O–H groups in total. The second-order valence-corrected chi connectivity index (χ2v) is 5.32. The number of benzene rings is 1. The molecule has 1 saturated carbocycles. The molecule has 6 heteroatoms. The van der Waals surface area contributed by atoms with Crippen LogP contribution in [0.25, 0.3) is 0 Å². The van der Waals surface area contributed by atoms with E-state index in [2.05, 4.69) is 21.2 Å². The van der Waals surface area contributed by atoms with E-state index < -0.39 is 11.7 Å². The molecule has 2 rings (SSSR count). The molecular formula is C13H15BrFNO3. The Labute approximate surface area is 119 Å². The maximum absolute atomic E-state index is 14.2. The van der Waals surface area contributed by atoms with Crippen LogP contribution in [-0.2, 0) is 0 Å². The third kappa shape index (κ3) is 3.06. The van der Waals surface area contributed by atoms with Crippen LogP contribution in [0.4, 0.5) is 4.39 Å². The summed E-state index contributed by atoms with van der Waals surface area (Å²) in [5, 5.41) is 11.9. The average Bonchev–Trinajstić information content (AvgIpc) is 2.31. The average molecular weight is 332 g/mol. The number of nitrogens with one attached hydrogen (secondary N) is 1.